The van der Waals surface area contributed by atoms with E-state index in [9.17, 15) is 9.59 Å². The molecule has 2 fully saturated rings. The molecule has 1 spiro atoms. The van der Waals surface area contributed by atoms with Gasteiger partial charge in [-0.15, -0.1) is 0 Å². The van der Waals surface area contributed by atoms with E-state index in [4.69, 9.17) is 4.74 Å². The summed E-state index contributed by atoms with van der Waals surface area (Å²) in [5.41, 5.74) is 0.902. The van der Waals surface area contributed by atoms with E-state index in [1.165, 1.54) is 6.42 Å². The maximum Gasteiger partial charge on any atom is 0.222 e. The van der Waals surface area contributed by atoms with Crippen LogP contribution < -0.4 is 10.1 Å². The van der Waals surface area contributed by atoms with Crippen molar-refractivity contribution in [2.24, 2.45) is 0 Å². The molecule has 4 rings (SSSR count). The summed E-state index contributed by atoms with van der Waals surface area (Å²) in [5.74, 6) is 1.48. The monoisotopic (exact) mass is 370 g/mol. The van der Waals surface area contributed by atoms with Gasteiger partial charge in [0.05, 0.1) is 0 Å². The maximum absolute atomic E-state index is 12.6. The SMILES string of the molecule is CCC(=O)N1CCC2(CC1)CC(CC(=O)NC1CCC1)c1ccccc1O2. The Bertz CT molecular complexity index is 705. The quantitative estimate of drug-likeness (QED) is 0.884. The molecule has 5 heteroatoms. The number of likely N-dealkylation sites (tertiary alicyclic amines) is 1. The predicted molar refractivity (Wildman–Crippen MR) is 104 cm³/mol. The zero-order valence-corrected chi connectivity index (χ0v) is 16.2. The van der Waals surface area contributed by atoms with Crippen molar-refractivity contribution in [2.75, 3.05) is 13.1 Å². The summed E-state index contributed by atoms with van der Waals surface area (Å²) in [6.07, 6.45) is 7.07. The van der Waals surface area contributed by atoms with Gasteiger partial charge in [-0.1, -0.05) is 25.1 Å². The fourth-order valence-corrected chi connectivity index (χ4v) is 4.68. The molecule has 1 aromatic carbocycles. The number of hydrogen-bond acceptors (Lipinski definition) is 3. The Morgan fingerprint density at radius 2 is 1.96 bits per heavy atom. The van der Waals surface area contributed by atoms with E-state index in [1.807, 2.05) is 30.0 Å². The van der Waals surface area contributed by atoms with E-state index in [0.29, 0.717) is 18.9 Å². The van der Waals surface area contributed by atoms with Gasteiger partial charge in [0.25, 0.3) is 0 Å². The molecular formula is C22H30N2O3. The van der Waals surface area contributed by atoms with Gasteiger partial charge in [0.2, 0.25) is 11.8 Å². The van der Waals surface area contributed by atoms with Gasteiger partial charge in [-0.2, -0.15) is 0 Å². The summed E-state index contributed by atoms with van der Waals surface area (Å²) in [6.45, 7) is 3.41. The number of benzene rings is 1. The van der Waals surface area contributed by atoms with Gasteiger partial charge in [-0.25, -0.2) is 0 Å². The minimum Gasteiger partial charge on any atom is -0.487 e. The molecule has 5 nitrogen and oxygen atoms in total. The first-order valence-electron chi connectivity index (χ1n) is 10.4. The zero-order chi connectivity index (χ0) is 18.9. The molecule has 2 aliphatic heterocycles. The molecule has 1 aromatic rings. The van der Waals surface area contributed by atoms with E-state index >= 15 is 0 Å². The van der Waals surface area contributed by atoms with Crippen LogP contribution >= 0.6 is 0 Å². The number of nitrogens with one attached hydrogen (secondary N) is 1. The van der Waals surface area contributed by atoms with Crippen LogP contribution in [0.4, 0.5) is 0 Å². The summed E-state index contributed by atoms with van der Waals surface area (Å²) in [5, 5.41) is 3.18. The number of carbonyl (C=O) groups is 2. The van der Waals surface area contributed by atoms with Crippen LogP contribution in [-0.2, 0) is 9.59 Å². The molecule has 1 N–H and O–H groups in total. The Morgan fingerprint density at radius 1 is 1.22 bits per heavy atom. The highest BCUT2D eigenvalue weighted by Crippen LogP contribution is 2.46. The second kappa shape index (κ2) is 7.53. The molecule has 0 radical (unpaired) electrons. The maximum atomic E-state index is 12.6. The minimum absolute atomic E-state index is 0.162. The number of piperidine rings is 1. The number of hydrogen-bond donors (Lipinski definition) is 1. The zero-order valence-electron chi connectivity index (χ0n) is 16.2. The lowest BCUT2D eigenvalue weighted by atomic mass is 9.76. The topological polar surface area (TPSA) is 58.6 Å². The summed E-state index contributed by atoms with van der Waals surface area (Å²) < 4.78 is 6.48. The molecule has 1 unspecified atom stereocenters. The van der Waals surface area contributed by atoms with Gasteiger partial charge < -0.3 is 15.0 Å². The number of rotatable bonds is 4. The molecule has 146 valence electrons. The summed E-state index contributed by atoms with van der Waals surface area (Å²) in [4.78, 5) is 26.5. The lowest BCUT2D eigenvalue weighted by Crippen LogP contribution is -2.52. The molecule has 1 atom stereocenters. The Labute approximate surface area is 161 Å². The normalized spacial score (nSPS) is 23.9. The van der Waals surface area contributed by atoms with Crippen LogP contribution in [0.1, 0.15) is 69.8 Å². The van der Waals surface area contributed by atoms with Crippen molar-refractivity contribution in [1.82, 2.24) is 10.2 Å². The third kappa shape index (κ3) is 3.83. The van der Waals surface area contributed by atoms with E-state index in [2.05, 4.69) is 11.4 Å². The second-order valence-corrected chi connectivity index (χ2v) is 8.36. The third-order valence-corrected chi connectivity index (χ3v) is 6.54. The molecule has 0 bridgehead atoms. The first-order chi connectivity index (χ1) is 13.1. The lowest BCUT2D eigenvalue weighted by Gasteiger charge is -2.47. The number of nitrogens with zero attached hydrogens (tertiary/aromatic N) is 1. The van der Waals surface area contributed by atoms with Crippen LogP contribution in [0.15, 0.2) is 24.3 Å². The molecule has 1 saturated heterocycles. The highest BCUT2D eigenvalue weighted by molar-refractivity contribution is 5.77. The van der Waals surface area contributed by atoms with Crippen molar-refractivity contribution in [3.8, 4) is 5.75 Å². The number of carbonyl (C=O) groups excluding carboxylic acids is 2. The largest absolute Gasteiger partial charge is 0.487 e. The molecule has 27 heavy (non-hydrogen) atoms. The van der Waals surface area contributed by atoms with Gasteiger partial charge >= 0.3 is 0 Å². The average Bonchev–Trinajstić information content (AvgIpc) is 2.65. The Kier molecular flexibility index (Phi) is 5.11. The summed E-state index contributed by atoms with van der Waals surface area (Å²) >= 11 is 0. The van der Waals surface area contributed by atoms with Gasteiger partial charge in [0, 0.05) is 50.7 Å². The molecule has 2 amide bonds. The van der Waals surface area contributed by atoms with Crippen LogP contribution in [0.25, 0.3) is 0 Å². The Morgan fingerprint density at radius 3 is 2.63 bits per heavy atom. The summed E-state index contributed by atoms with van der Waals surface area (Å²) in [7, 11) is 0. The fourth-order valence-electron chi connectivity index (χ4n) is 4.68. The van der Waals surface area contributed by atoms with Crippen molar-refractivity contribution in [3.05, 3.63) is 29.8 Å². The van der Waals surface area contributed by atoms with Crippen molar-refractivity contribution in [3.63, 3.8) is 0 Å². The van der Waals surface area contributed by atoms with Crippen LogP contribution in [0.5, 0.6) is 5.75 Å². The standard InChI is InChI=1S/C22H30N2O3/c1-2-21(26)24-12-10-22(11-13-24)15-16(14-20(25)23-17-6-5-7-17)18-8-3-4-9-19(18)27-22/h3-4,8-9,16-17H,2,5-7,10-15H2,1H3,(H,23,25). The number of fused-ring (bicyclic) bond motifs is 1. The molecular weight excluding hydrogens is 340 g/mol. The van der Waals surface area contributed by atoms with Gasteiger partial charge in [-0.3, -0.25) is 9.59 Å². The minimum atomic E-state index is -0.250. The van der Waals surface area contributed by atoms with Crippen LogP contribution in [0.2, 0.25) is 0 Å². The van der Waals surface area contributed by atoms with Crippen molar-refractivity contribution < 1.29 is 14.3 Å². The summed E-state index contributed by atoms with van der Waals surface area (Å²) in [6, 6.07) is 8.53. The second-order valence-electron chi connectivity index (χ2n) is 8.36. The Hall–Kier alpha value is -2.04. The number of para-hydroxylation sites is 1. The van der Waals surface area contributed by atoms with E-state index in [-0.39, 0.29) is 23.3 Å². The first-order valence-corrected chi connectivity index (χ1v) is 10.4. The Balaban J connectivity index is 1.48. The van der Waals surface area contributed by atoms with Crippen LogP contribution in [0, 0.1) is 0 Å². The highest BCUT2D eigenvalue weighted by atomic mass is 16.5. The van der Waals surface area contributed by atoms with Crippen molar-refractivity contribution >= 4 is 11.8 Å². The van der Waals surface area contributed by atoms with E-state index in [0.717, 1.165) is 56.5 Å². The van der Waals surface area contributed by atoms with Gasteiger partial charge in [0.1, 0.15) is 11.4 Å². The fraction of sp³-hybridized carbons (Fsp3) is 0.636. The number of amides is 2. The number of ether oxygens (including phenoxy) is 1. The molecule has 1 aliphatic carbocycles. The highest BCUT2D eigenvalue weighted by Gasteiger charge is 2.44. The third-order valence-electron chi connectivity index (χ3n) is 6.54. The predicted octanol–water partition coefficient (Wildman–Crippen LogP) is 3.38. The van der Waals surface area contributed by atoms with Crippen molar-refractivity contribution in [1.29, 1.82) is 0 Å². The molecule has 2 heterocycles. The van der Waals surface area contributed by atoms with E-state index in [1.54, 1.807) is 0 Å². The van der Waals surface area contributed by atoms with Crippen LogP contribution in [0.3, 0.4) is 0 Å². The van der Waals surface area contributed by atoms with Crippen molar-refractivity contribution in [2.45, 2.75) is 75.9 Å². The average molecular weight is 370 g/mol. The lowest BCUT2D eigenvalue weighted by molar-refractivity contribution is -0.135. The molecule has 0 aromatic heterocycles. The molecule has 1 saturated carbocycles. The smallest absolute Gasteiger partial charge is 0.222 e. The van der Waals surface area contributed by atoms with E-state index < -0.39 is 0 Å². The van der Waals surface area contributed by atoms with Gasteiger partial charge in [0.15, 0.2) is 0 Å². The first kappa shape index (κ1) is 18.3. The molecule has 3 aliphatic rings. The van der Waals surface area contributed by atoms with Gasteiger partial charge in [-0.05, 0) is 37.3 Å². The van der Waals surface area contributed by atoms with Crippen LogP contribution in [-0.4, -0.2) is 41.4 Å².